The number of nitrogens with zero attached hydrogens (tertiary/aromatic N) is 3. The minimum absolute atomic E-state index is 0. The van der Waals surface area contributed by atoms with E-state index in [-0.39, 0.29) is 24.0 Å². The summed E-state index contributed by atoms with van der Waals surface area (Å²) in [5.41, 5.74) is 0.923. The third-order valence-corrected chi connectivity index (χ3v) is 3.59. The summed E-state index contributed by atoms with van der Waals surface area (Å²) in [5.74, 6) is 2.86. The van der Waals surface area contributed by atoms with Crippen molar-refractivity contribution in [2.24, 2.45) is 4.99 Å². The van der Waals surface area contributed by atoms with E-state index in [1.165, 1.54) is 0 Å². The maximum atomic E-state index is 5.74. The van der Waals surface area contributed by atoms with Gasteiger partial charge in [-0.15, -0.1) is 24.0 Å². The van der Waals surface area contributed by atoms with Crippen LogP contribution >= 0.6 is 24.0 Å². The second kappa shape index (κ2) is 14.2. The molecule has 8 nitrogen and oxygen atoms in total. The van der Waals surface area contributed by atoms with E-state index in [2.05, 4.69) is 25.8 Å². The Hall–Kier alpha value is -1.88. The molecular weight excluding hydrogens is 473 g/mol. The number of rotatable bonds is 11. The Morgan fingerprint density at radius 3 is 2.82 bits per heavy atom. The Kier molecular flexibility index (Phi) is 12.2. The van der Waals surface area contributed by atoms with Crippen molar-refractivity contribution >= 4 is 35.6 Å². The first-order valence-corrected chi connectivity index (χ1v) is 9.27. The Bertz CT molecular complexity index is 708. The van der Waals surface area contributed by atoms with E-state index >= 15 is 0 Å². The van der Waals surface area contributed by atoms with Crippen molar-refractivity contribution in [3.63, 3.8) is 0 Å². The van der Waals surface area contributed by atoms with Crippen molar-refractivity contribution in [1.82, 2.24) is 15.5 Å². The molecule has 1 heterocycles. The number of aromatic nitrogens is 2. The molecule has 0 fully saturated rings. The van der Waals surface area contributed by atoms with Crippen molar-refractivity contribution < 1.29 is 14.0 Å². The van der Waals surface area contributed by atoms with Crippen LogP contribution in [0.4, 0.5) is 5.69 Å². The molecule has 0 aliphatic rings. The maximum absolute atomic E-state index is 5.74. The molecule has 9 heteroatoms. The van der Waals surface area contributed by atoms with Crippen LogP contribution in [0.15, 0.2) is 33.8 Å². The fourth-order valence-electron chi connectivity index (χ4n) is 2.36. The number of ether oxygens (including phenoxy) is 2. The molecule has 1 aromatic heterocycles. The molecule has 28 heavy (non-hydrogen) atoms. The first kappa shape index (κ1) is 24.2. The van der Waals surface area contributed by atoms with Gasteiger partial charge in [0.15, 0.2) is 11.8 Å². The zero-order valence-electron chi connectivity index (χ0n) is 16.7. The number of hydrogen-bond acceptors (Lipinski definition) is 6. The van der Waals surface area contributed by atoms with Gasteiger partial charge >= 0.3 is 0 Å². The van der Waals surface area contributed by atoms with Crippen LogP contribution in [0.3, 0.4) is 0 Å². The van der Waals surface area contributed by atoms with Gasteiger partial charge in [-0.05, 0) is 32.4 Å². The average Bonchev–Trinajstić information content (AvgIpc) is 3.08. The molecule has 0 bridgehead atoms. The van der Waals surface area contributed by atoms with Crippen molar-refractivity contribution in [3.8, 4) is 5.75 Å². The molecule has 0 spiro atoms. The monoisotopic (exact) mass is 503 g/mol. The van der Waals surface area contributed by atoms with Gasteiger partial charge in [-0.1, -0.05) is 11.2 Å². The summed E-state index contributed by atoms with van der Waals surface area (Å²) in [5, 5.41) is 10.3. The number of methoxy groups -OCH3 is 1. The number of anilines is 1. The van der Waals surface area contributed by atoms with E-state index in [9.17, 15) is 0 Å². The van der Waals surface area contributed by atoms with Crippen LogP contribution in [0, 0.1) is 6.92 Å². The van der Waals surface area contributed by atoms with Crippen LogP contribution < -0.4 is 15.4 Å². The molecule has 2 rings (SSSR count). The van der Waals surface area contributed by atoms with Crippen LogP contribution in [-0.4, -0.2) is 49.5 Å². The highest BCUT2D eigenvalue weighted by Gasteiger charge is 2.04. The smallest absolute Gasteiger partial charge is 0.226 e. The lowest BCUT2D eigenvalue weighted by atomic mass is 10.3. The molecule has 0 saturated carbocycles. The molecule has 0 unspecified atom stereocenters. The Balaban J connectivity index is 0.00000392. The lowest BCUT2D eigenvalue weighted by Gasteiger charge is -2.13. The summed E-state index contributed by atoms with van der Waals surface area (Å²) in [4.78, 5) is 8.79. The van der Waals surface area contributed by atoms with E-state index in [4.69, 9.17) is 14.0 Å². The largest absolute Gasteiger partial charge is 0.493 e. The third-order valence-electron chi connectivity index (χ3n) is 3.59. The SMILES string of the molecule is CCNC(=NCCCc1nc(C)no1)Nc1cccc(OCCCOC)c1.I. The summed E-state index contributed by atoms with van der Waals surface area (Å²) < 4.78 is 15.9. The quantitative estimate of drug-likeness (QED) is 0.210. The van der Waals surface area contributed by atoms with Crippen LogP contribution in [-0.2, 0) is 11.2 Å². The molecule has 0 amide bonds. The van der Waals surface area contributed by atoms with Gasteiger partial charge in [-0.2, -0.15) is 4.98 Å². The van der Waals surface area contributed by atoms with Crippen LogP contribution in [0.2, 0.25) is 0 Å². The fourth-order valence-corrected chi connectivity index (χ4v) is 2.36. The van der Waals surface area contributed by atoms with Gasteiger partial charge in [0, 0.05) is 51.4 Å². The van der Waals surface area contributed by atoms with Crippen molar-refractivity contribution in [1.29, 1.82) is 0 Å². The van der Waals surface area contributed by atoms with E-state index in [0.29, 0.717) is 37.9 Å². The fraction of sp³-hybridized carbons (Fsp3) is 0.526. The van der Waals surface area contributed by atoms with Gasteiger partial charge in [0.2, 0.25) is 5.89 Å². The number of benzene rings is 1. The van der Waals surface area contributed by atoms with Crippen LogP contribution in [0.5, 0.6) is 5.75 Å². The lowest BCUT2D eigenvalue weighted by molar-refractivity contribution is 0.172. The Morgan fingerprint density at radius 1 is 1.25 bits per heavy atom. The number of guanidine groups is 1. The highest BCUT2D eigenvalue weighted by Crippen LogP contribution is 2.17. The minimum Gasteiger partial charge on any atom is -0.493 e. The predicted molar refractivity (Wildman–Crippen MR) is 121 cm³/mol. The summed E-state index contributed by atoms with van der Waals surface area (Å²) in [6.45, 7) is 6.60. The van der Waals surface area contributed by atoms with Gasteiger partial charge in [0.05, 0.1) is 6.61 Å². The minimum atomic E-state index is 0. The van der Waals surface area contributed by atoms with E-state index < -0.39 is 0 Å². The first-order chi connectivity index (χ1) is 13.2. The highest BCUT2D eigenvalue weighted by molar-refractivity contribution is 14.0. The number of aryl methyl sites for hydroxylation is 2. The molecule has 0 aliphatic heterocycles. The average molecular weight is 503 g/mol. The number of nitrogens with one attached hydrogen (secondary N) is 2. The summed E-state index contributed by atoms with van der Waals surface area (Å²) >= 11 is 0. The van der Waals surface area contributed by atoms with Crippen LogP contribution in [0.25, 0.3) is 0 Å². The Morgan fingerprint density at radius 2 is 2.11 bits per heavy atom. The van der Waals surface area contributed by atoms with Crippen molar-refractivity contribution in [3.05, 3.63) is 36.0 Å². The van der Waals surface area contributed by atoms with Gasteiger partial charge in [-0.3, -0.25) is 4.99 Å². The zero-order chi connectivity index (χ0) is 19.3. The first-order valence-electron chi connectivity index (χ1n) is 9.27. The van der Waals surface area contributed by atoms with Gasteiger partial charge in [0.25, 0.3) is 0 Å². The molecule has 0 radical (unpaired) electrons. The zero-order valence-corrected chi connectivity index (χ0v) is 19.1. The van der Waals surface area contributed by atoms with Crippen molar-refractivity contribution in [2.45, 2.75) is 33.1 Å². The summed E-state index contributed by atoms with van der Waals surface area (Å²) in [6, 6.07) is 7.83. The van der Waals surface area contributed by atoms with Crippen LogP contribution in [0.1, 0.15) is 31.5 Å². The lowest BCUT2D eigenvalue weighted by Crippen LogP contribution is -2.30. The highest BCUT2D eigenvalue weighted by atomic mass is 127. The second-order valence-electron chi connectivity index (χ2n) is 5.95. The normalized spacial score (nSPS) is 11.0. The van der Waals surface area contributed by atoms with E-state index in [1.54, 1.807) is 7.11 Å². The molecular formula is C19H30IN5O3. The number of aliphatic imine (C=N–C) groups is 1. The second-order valence-corrected chi connectivity index (χ2v) is 5.95. The Labute approximate surface area is 183 Å². The molecule has 0 saturated heterocycles. The summed E-state index contributed by atoms with van der Waals surface area (Å²) in [6.07, 6.45) is 2.41. The molecule has 2 N–H and O–H groups in total. The topological polar surface area (TPSA) is 93.8 Å². The number of hydrogen-bond donors (Lipinski definition) is 2. The standard InChI is InChI=1S/C19H29N5O3.HI/c1-4-20-19(21-11-6-10-18-22-15(2)24-27-18)23-16-8-5-9-17(14-16)26-13-7-12-25-3;/h5,8-9,14H,4,6-7,10-13H2,1-3H3,(H2,20,21,23);1H. The molecule has 2 aromatic rings. The summed E-state index contributed by atoms with van der Waals surface area (Å²) in [7, 11) is 1.69. The predicted octanol–water partition coefficient (Wildman–Crippen LogP) is 3.42. The third kappa shape index (κ3) is 9.36. The molecule has 0 aliphatic carbocycles. The van der Waals surface area contributed by atoms with Gasteiger partial charge in [-0.25, -0.2) is 0 Å². The van der Waals surface area contributed by atoms with Gasteiger partial charge in [0.1, 0.15) is 5.75 Å². The maximum Gasteiger partial charge on any atom is 0.226 e. The van der Waals surface area contributed by atoms with Crippen molar-refractivity contribution in [2.75, 3.05) is 38.7 Å². The molecule has 1 aromatic carbocycles. The van der Waals surface area contributed by atoms with E-state index in [0.717, 1.165) is 36.8 Å². The molecule has 156 valence electrons. The number of halogens is 1. The van der Waals surface area contributed by atoms with E-state index in [1.807, 2.05) is 38.1 Å². The van der Waals surface area contributed by atoms with Gasteiger partial charge < -0.3 is 24.6 Å². The molecule has 0 atom stereocenters.